The molecule has 0 bridgehead atoms. The van der Waals surface area contributed by atoms with Crippen LogP contribution in [0.1, 0.15) is 69.2 Å². The Kier molecular flexibility index (Phi) is 14.8. The van der Waals surface area contributed by atoms with Gasteiger partial charge in [-0.25, -0.2) is 6.17 Å². The van der Waals surface area contributed by atoms with Crippen LogP contribution >= 0.6 is 0 Å². The summed E-state index contributed by atoms with van der Waals surface area (Å²) < 4.78 is 9.01. The van der Waals surface area contributed by atoms with Gasteiger partial charge in [0.2, 0.25) is 0 Å². The molecule has 0 heterocycles. The maximum Gasteiger partial charge on any atom is 0.269 e. The summed E-state index contributed by atoms with van der Waals surface area (Å²) >= 11 is -0.473. The van der Waals surface area contributed by atoms with Crippen molar-refractivity contribution < 1.29 is 28.0 Å². The summed E-state index contributed by atoms with van der Waals surface area (Å²) in [6, 6.07) is 11.7. The summed E-state index contributed by atoms with van der Waals surface area (Å²) in [7, 11) is 0. The van der Waals surface area contributed by atoms with Gasteiger partial charge in [0.05, 0.1) is 9.85 Å². The molecular weight excluding hydrogens is 556 g/mol. The molecular formula is C26H39MoN6O4-3. The Morgan fingerprint density at radius 1 is 0.730 bits per heavy atom. The minimum Gasteiger partial charge on any atom is -0.697 e. The van der Waals surface area contributed by atoms with E-state index in [0.29, 0.717) is 11.4 Å². The van der Waals surface area contributed by atoms with Crippen molar-refractivity contribution in [3.8, 4) is 0 Å². The summed E-state index contributed by atoms with van der Waals surface area (Å²) in [5.41, 5.74) is 1.36. The molecule has 0 aliphatic heterocycles. The summed E-state index contributed by atoms with van der Waals surface area (Å²) in [5.74, 6) is 1.42. The Balaban J connectivity index is 0.000000723. The molecule has 2 aromatic rings. The molecule has 0 aliphatic carbocycles. The number of hydrogen-bond donors (Lipinski definition) is 0. The first kappa shape index (κ1) is 34.1. The summed E-state index contributed by atoms with van der Waals surface area (Å²) in [6.07, 6.45) is -0.414. The molecule has 0 aliphatic rings. The van der Waals surface area contributed by atoms with Gasteiger partial charge in [0, 0.05) is 24.3 Å². The first-order valence-electron chi connectivity index (χ1n) is 11.7. The number of hydrogen-bond acceptors (Lipinski definition) is 6. The van der Waals surface area contributed by atoms with Crippen molar-refractivity contribution in [3.05, 3.63) is 85.3 Å². The van der Waals surface area contributed by atoms with Gasteiger partial charge >= 0.3 is 77.8 Å². The Hall–Kier alpha value is -2.87. The van der Waals surface area contributed by atoms with Crippen LogP contribution in [0.4, 0.5) is 22.7 Å². The van der Waals surface area contributed by atoms with E-state index in [9.17, 15) is 20.2 Å². The fourth-order valence-corrected chi connectivity index (χ4v) is 3.35. The van der Waals surface area contributed by atoms with Crippen LogP contribution in [-0.2, 0) is 18.2 Å². The Labute approximate surface area is 229 Å². The van der Waals surface area contributed by atoms with Crippen molar-refractivity contribution in [1.29, 1.82) is 0 Å². The maximum atomic E-state index is 10.6. The van der Waals surface area contributed by atoms with Gasteiger partial charge in [0.25, 0.3) is 11.4 Å². The van der Waals surface area contributed by atoms with Crippen LogP contribution in [0.3, 0.4) is 0 Å². The average Bonchev–Trinajstić information content (AvgIpc) is 2.72. The van der Waals surface area contributed by atoms with Gasteiger partial charge in [0.15, 0.2) is 0 Å². The van der Waals surface area contributed by atoms with E-state index in [1.54, 1.807) is 31.2 Å². The topological polar surface area (TPSA) is 139 Å². The molecule has 2 rings (SSSR count). The predicted octanol–water partition coefficient (Wildman–Crippen LogP) is 9.21. The van der Waals surface area contributed by atoms with E-state index in [1.807, 2.05) is 0 Å². The molecule has 0 unspecified atom stereocenters. The molecule has 0 radical (unpaired) electrons. The number of non-ortho nitro benzene ring substituents is 2. The molecule has 0 atom stereocenters. The van der Waals surface area contributed by atoms with Crippen molar-refractivity contribution >= 4 is 22.7 Å². The standard InChI is InChI=1S/C14H12N4O4.2C4H9N.C4H9.Mo/c1-10(15-11-2-6-13(7-3-11)17(19)20)16-12-4-8-14(9-5-12)18(21)22;2*1-4(2,3)5;1-4(2)3;/h2-10H,1H3;2*1-3H3;1-3H3;/q-2;;;-1;. The third-order valence-electron chi connectivity index (χ3n) is 3.42. The maximum absolute atomic E-state index is 10.6. The molecule has 11 heteroatoms. The first-order valence-corrected chi connectivity index (χ1v) is 13.5. The van der Waals surface area contributed by atoms with Crippen LogP contribution in [0, 0.1) is 26.1 Å². The second-order valence-electron chi connectivity index (χ2n) is 10.5. The molecule has 0 saturated heterocycles. The summed E-state index contributed by atoms with van der Waals surface area (Å²) in [4.78, 5) is 20.2. The Bertz CT molecular complexity index is 956. The third-order valence-corrected chi connectivity index (χ3v) is 6.52. The first-order chi connectivity index (χ1) is 16.9. The quantitative estimate of drug-likeness (QED) is 0.142. The minimum atomic E-state index is -0.478. The van der Waals surface area contributed by atoms with Gasteiger partial charge in [-0.3, -0.25) is 20.2 Å². The van der Waals surface area contributed by atoms with Crippen LogP contribution in [0.5, 0.6) is 0 Å². The van der Waals surface area contributed by atoms with Crippen molar-refractivity contribution in [2.45, 2.75) is 86.5 Å². The van der Waals surface area contributed by atoms with Crippen molar-refractivity contribution in [1.82, 2.24) is 0 Å². The van der Waals surface area contributed by atoms with Gasteiger partial charge in [-0.2, -0.15) is 20.8 Å². The molecule has 0 saturated carbocycles. The van der Waals surface area contributed by atoms with E-state index in [1.165, 1.54) is 30.2 Å². The molecule has 206 valence electrons. The Morgan fingerprint density at radius 2 is 1.00 bits per heavy atom. The molecule has 10 nitrogen and oxygen atoms in total. The van der Waals surface area contributed by atoms with Crippen LogP contribution in [0.2, 0.25) is 0 Å². The predicted molar refractivity (Wildman–Crippen MR) is 146 cm³/mol. The smallest absolute Gasteiger partial charge is 0.269 e. The van der Waals surface area contributed by atoms with E-state index in [2.05, 4.69) is 79.9 Å². The molecule has 2 aromatic carbocycles. The number of nitro groups is 2. The molecule has 0 spiro atoms. The van der Waals surface area contributed by atoms with Crippen LogP contribution in [0.25, 0.3) is 10.6 Å². The van der Waals surface area contributed by atoms with E-state index >= 15 is 0 Å². The zero-order valence-corrected chi connectivity index (χ0v) is 25.4. The number of nitrogens with zero attached hydrogens (tertiary/aromatic N) is 6. The van der Waals surface area contributed by atoms with E-state index in [-0.39, 0.29) is 22.5 Å². The van der Waals surface area contributed by atoms with Crippen LogP contribution in [-0.4, -0.2) is 27.1 Å². The van der Waals surface area contributed by atoms with Gasteiger partial charge in [-0.15, -0.1) is 11.4 Å². The van der Waals surface area contributed by atoms with E-state index < -0.39 is 34.2 Å². The molecule has 37 heavy (non-hydrogen) atoms. The molecule has 0 aromatic heterocycles. The van der Waals surface area contributed by atoms with E-state index in [0.717, 1.165) is 0 Å². The fraction of sp³-hybridized carbons (Fsp3) is 0.500. The summed E-state index contributed by atoms with van der Waals surface area (Å²) in [5, 5.41) is 29.7. The van der Waals surface area contributed by atoms with Gasteiger partial charge in [-0.1, -0.05) is 31.2 Å². The van der Waals surface area contributed by atoms with Crippen LogP contribution < -0.4 is 0 Å². The number of nitro benzene ring substituents is 2. The van der Waals surface area contributed by atoms with Crippen LogP contribution in [0.15, 0.2) is 55.5 Å². The van der Waals surface area contributed by atoms with Crippen molar-refractivity contribution in [2.24, 2.45) is 6.99 Å². The molecule has 0 N–H and O–H groups in total. The van der Waals surface area contributed by atoms with Crippen molar-refractivity contribution in [3.63, 3.8) is 0 Å². The Morgan fingerprint density at radius 3 is 1.22 bits per heavy atom. The molecule has 0 amide bonds. The molecule has 0 fully saturated rings. The normalized spacial score (nSPS) is 10.8. The zero-order chi connectivity index (χ0) is 28.8. The van der Waals surface area contributed by atoms with Crippen molar-refractivity contribution in [2.75, 3.05) is 0 Å². The SMILES string of the molecule is CC(C)(C)[N]=[Mo]=[N]C(C)(C)C.CC([N-]c1ccc([N+](=O)[O-])cc1)[N-]c1ccc([N+](=O)[O-])cc1.C[C-](C)C. The second kappa shape index (κ2) is 16.1. The third kappa shape index (κ3) is 19.0. The number of benzene rings is 2. The number of rotatable bonds is 6. The zero-order valence-electron chi connectivity index (χ0n) is 23.4. The summed E-state index contributed by atoms with van der Waals surface area (Å²) in [6.45, 7) is 20.7. The largest absolute Gasteiger partial charge is 0.697 e. The van der Waals surface area contributed by atoms with Gasteiger partial charge in [-0.05, 0) is 0 Å². The minimum absolute atomic E-state index is 0.00101. The monoisotopic (exact) mass is 597 g/mol. The van der Waals surface area contributed by atoms with E-state index in [4.69, 9.17) is 0 Å². The van der Waals surface area contributed by atoms with Gasteiger partial charge in [0.1, 0.15) is 0 Å². The average molecular weight is 596 g/mol. The van der Waals surface area contributed by atoms with Gasteiger partial charge < -0.3 is 16.6 Å². The second-order valence-corrected chi connectivity index (χ2v) is 11.8. The fourth-order valence-electron chi connectivity index (χ4n) is 2.05.